The van der Waals surface area contributed by atoms with Gasteiger partial charge in [-0.1, -0.05) is 13.8 Å². The normalized spacial score (nSPS) is 13.2. The molecule has 0 unspecified atom stereocenters. The van der Waals surface area contributed by atoms with Crippen molar-refractivity contribution in [2.24, 2.45) is 11.7 Å². The molecule has 0 aliphatic rings. The Hall–Kier alpha value is -0.570. The second kappa shape index (κ2) is 5.13. The van der Waals surface area contributed by atoms with Crippen LogP contribution < -0.4 is 5.73 Å². The highest BCUT2D eigenvalue weighted by atomic mass is 16.5. The van der Waals surface area contributed by atoms with E-state index in [1.54, 1.807) is 0 Å². The molecule has 0 aromatic carbocycles. The van der Waals surface area contributed by atoms with E-state index in [0.717, 1.165) is 0 Å². The molecule has 3 nitrogen and oxygen atoms in total. The number of esters is 1. The average Bonchev–Trinajstić information content (AvgIpc) is 1.99. The standard InChI is InChI=1S/C8H17NO2/c1-6(2)7(9)4-5-8(10)11-3/h6-7H,4-5,9H2,1-3H3/t7-/m0/s1. The van der Waals surface area contributed by atoms with Gasteiger partial charge in [0.15, 0.2) is 0 Å². The van der Waals surface area contributed by atoms with Gasteiger partial charge in [-0.15, -0.1) is 0 Å². The molecule has 1 atom stereocenters. The van der Waals surface area contributed by atoms with Gasteiger partial charge in [0.05, 0.1) is 7.11 Å². The Labute approximate surface area is 67.9 Å². The van der Waals surface area contributed by atoms with Crippen LogP contribution in [0.1, 0.15) is 26.7 Å². The zero-order valence-electron chi connectivity index (χ0n) is 7.46. The number of ether oxygens (including phenoxy) is 1. The van der Waals surface area contributed by atoms with Crippen LogP contribution in [0.25, 0.3) is 0 Å². The van der Waals surface area contributed by atoms with Gasteiger partial charge in [0, 0.05) is 12.5 Å². The van der Waals surface area contributed by atoms with Crippen molar-refractivity contribution in [2.45, 2.75) is 32.7 Å². The highest BCUT2D eigenvalue weighted by Crippen LogP contribution is 2.05. The SMILES string of the molecule is COC(=O)CC[C@H](N)C(C)C. The minimum atomic E-state index is -0.180. The molecule has 0 aromatic heterocycles. The van der Waals surface area contributed by atoms with Gasteiger partial charge in [0.1, 0.15) is 0 Å². The number of rotatable bonds is 4. The monoisotopic (exact) mass is 159 g/mol. The van der Waals surface area contributed by atoms with E-state index in [-0.39, 0.29) is 12.0 Å². The van der Waals surface area contributed by atoms with Gasteiger partial charge in [-0.3, -0.25) is 4.79 Å². The third kappa shape index (κ3) is 4.79. The first-order valence-corrected chi connectivity index (χ1v) is 3.90. The summed E-state index contributed by atoms with van der Waals surface area (Å²) < 4.78 is 4.49. The minimum absolute atomic E-state index is 0.106. The molecule has 0 spiro atoms. The van der Waals surface area contributed by atoms with E-state index in [9.17, 15) is 4.79 Å². The lowest BCUT2D eigenvalue weighted by atomic mass is 10.0. The molecule has 0 amide bonds. The summed E-state index contributed by atoms with van der Waals surface area (Å²) in [6.07, 6.45) is 1.14. The van der Waals surface area contributed by atoms with Crippen LogP contribution in [0.2, 0.25) is 0 Å². The van der Waals surface area contributed by atoms with E-state index in [0.29, 0.717) is 18.8 Å². The van der Waals surface area contributed by atoms with Crippen molar-refractivity contribution in [1.82, 2.24) is 0 Å². The Bertz CT molecular complexity index is 123. The summed E-state index contributed by atoms with van der Waals surface area (Å²) in [7, 11) is 1.39. The molecule has 0 radical (unpaired) electrons. The van der Waals surface area contributed by atoms with Gasteiger partial charge in [0.2, 0.25) is 0 Å². The quantitative estimate of drug-likeness (QED) is 0.621. The number of methoxy groups -OCH3 is 1. The Kier molecular flexibility index (Phi) is 4.86. The molecular weight excluding hydrogens is 142 g/mol. The van der Waals surface area contributed by atoms with E-state index >= 15 is 0 Å². The second-order valence-electron chi connectivity index (χ2n) is 3.02. The summed E-state index contributed by atoms with van der Waals surface area (Å²) in [5.74, 6) is 0.251. The number of carbonyl (C=O) groups is 1. The highest BCUT2D eigenvalue weighted by molar-refractivity contribution is 5.69. The molecule has 0 aliphatic heterocycles. The van der Waals surface area contributed by atoms with Crippen molar-refractivity contribution in [3.8, 4) is 0 Å². The van der Waals surface area contributed by atoms with Crippen LogP contribution in [0.15, 0.2) is 0 Å². The predicted octanol–water partition coefficient (Wildman–Crippen LogP) is 0.923. The fourth-order valence-corrected chi connectivity index (χ4v) is 0.720. The highest BCUT2D eigenvalue weighted by Gasteiger charge is 2.09. The van der Waals surface area contributed by atoms with Crippen LogP contribution >= 0.6 is 0 Å². The molecule has 0 heterocycles. The Morgan fingerprint density at radius 3 is 2.45 bits per heavy atom. The third-order valence-corrected chi connectivity index (χ3v) is 1.77. The molecule has 0 fully saturated rings. The zero-order valence-corrected chi connectivity index (χ0v) is 7.46. The molecule has 0 saturated heterocycles. The topological polar surface area (TPSA) is 52.3 Å². The maximum absolute atomic E-state index is 10.7. The van der Waals surface area contributed by atoms with Crippen LogP contribution in [0.3, 0.4) is 0 Å². The molecular formula is C8H17NO2. The summed E-state index contributed by atoms with van der Waals surface area (Å²) in [5.41, 5.74) is 5.71. The van der Waals surface area contributed by atoms with E-state index < -0.39 is 0 Å². The zero-order chi connectivity index (χ0) is 8.85. The van der Waals surface area contributed by atoms with Gasteiger partial charge in [-0.25, -0.2) is 0 Å². The third-order valence-electron chi connectivity index (χ3n) is 1.77. The van der Waals surface area contributed by atoms with Crippen molar-refractivity contribution in [1.29, 1.82) is 0 Å². The Balaban J connectivity index is 3.45. The fraction of sp³-hybridized carbons (Fsp3) is 0.875. The molecule has 0 bridgehead atoms. The summed E-state index contributed by atoms with van der Waals surface area (Å²) in [4.78, 5) is 10.7. The van der Waals surface area contributed by atoms with E-state index in [2.05, 4.69) is 4.74 Å². The van der Waals surface area contributed by atoms with E-state index in [4.69, 9.17) is 5.73 Å². The molecule has 0 aliphatic carbocycles. The van der Waals surface area contributed by atoms with Crippen molar-refractivity contribution in [2.75, 3.05) is 7.11 Å². The largest absolute Gasteiger partial charge is 0.469 e. The fourth-order valence-electron chi connectivity index (χ4n) is 0.720. The Morgan fingerprint density at radius 1 is 1.55 bits per heavy atom. The Morgan fingerprint density at radius 2 is 2.09 bits per heavy atom. The van der Waals surface area contributed by atoms with Crippen molar-refractivity contribution < 1.29 is 9.53 Å². The lowest BCUT2D eigenvalue weighted by molar-refractivity contribution is -0.140. The van der Waals surface area contributed by atoms with Crippen molar-refractivity contribution >= 4 is 5.97 Å². The predicted molar refractivity (Wildman–Crippen MR) is 44.1 cm³/mol. The number of carbonyl (C=O) groups excluding carboxylic acids is 1. The molecule has 3 heteroatoms. The first kappa shape index (κ1) is 10.4. The van der Waals surface area contributed by atoms with Crippen LogP contribution in [-0.2, 0) is 9.53 Å². The molecule has 2 N–H and O–H groups in total. The molecule has 0 rings (SSSR count). The number of hydrogen-bond acceptors (Lipinski definition) is 3. The van der Waals surface area contributed by atoms with Gasteiger partial charge in [-0.05, 0) is 12.3 Å². The lowest BCUT2D eigenvalue weighted by Gasteiger charge is -2.13. The van der Waals surface area contributed by atoms with E-state index in [1.165, 1.54) is 7.11 Å². The van der Waals surface area contributed by atoms with Crippen LogP contribution in [0.4, 0.5) is 0 Å². The van der Waals surface area contributed by atoms with Crippen LogP contribution in [-0.4, -0.2) is 19.1 Å². The van der Waals surface area contributed by atoms with Crippen molar-refractivity contribution in [3.63, 3.8) is 0 Å². The smallest absolute Gasteiger partial charge is 0.305 e. The van der Waals surface area contributed by atoms with Crippen LogP contribution in [0, 0.1) is 5.92 Å². The molecule has 11 heavy (non-hydrogen) atoms. The van der Waals surface area contributed by atoms with Crippen LogP contribution in [0.5, 0.6) is 0 Å². The van der Waals surface area contributed by atoms with Gasteiger partial charge in [0.25, 0.3) is 0 Å². The number of hydrogen-bond donors (Lipinski definition) is 1. The van der Waals surface area contributed by atoms with Gasteiger partial charge in [-0.2, -0.15) is 0 Å². The maximum Gasteiger partial charge on any atom is 0.305 e. The summed E-state index contributed by atoms with van der Waals surface area (Å²) >= 11 is 0. The summed E-state index contributed by atoms with van der Waals surface area (Å²) in [6, 6.07) is 0.106. The average molecular weight is 159 g/mol. The molecule has 66 valence electrons. The second-order valence-corrected chi connectivity index (χ2v) is 3.02. The van der Waals surface area contributed by atoms with Crippen molar-refractivity contribution in [3.05, 3.63) is 0 Å². The van der Waals surface area contributed by atoms with E-state index in [1.807, 2.05) is 13.8 Å². The molecule has 0 aromatic rings. The molecule has 0 saturated carbocycles. The minimum Gasteiger partial charge on any atom is -0.469 e. The maximum atomic E-state index is 10.7. The first-order valence-electron chi connectivity index (χ1n) is 3.90. The number of nitrogens with two attached hydrogens (primary N) is 1. The van der Waals surface area contributed by atoms with Gasteiger partial charge >= 0.3 is 5.97 Å². The first-order chi connectivity index (χ1) is 5.07. The lowest BCUT2D eigenvalue weighted by Crippen LogP contribution is -2.27. The summed E-state index contributed by atoms with van der Waals surface area (Å²) in [6.45, 7) is 4.09. The summed E-state index contributed by atoms with van der Waals surface area (Å²) in [5, 5.41) is 0. The van der Waals surface area contributed by atoms with Gasteiger partial charge < -0.3 is 10.5 Å².